The normalized spacial score (nSPS) is 22.9. The zero-order valence-electron chi connectivity index (χ0n) is 9.04. The zero-order valence-corrected chi connectivity index (χ0v) is 9.04. The van der Waals surface area contributed by atoms with E-state index in [0.29, 0.717) is 5.56 Å². The van der Waals surface area contributed by atoms with E-state index in [0.717, 1.165) is 6.08 Å². The van der Waals surface area contributed by atoms with Crippen molar-refractivity contribution in [1.82, 2.24) is 0 Å². The average molecular weight is 234 g/mol. The van der Waals surface area contributed by atoms with Gasteiger partial charge in [-0.2, -0.15) is 0 Å². The first-order chi connectivity index (χ1) is 8.02. The first-order valence-electron chi connectivity index (χ1n) is 4.94. The second kappa shape index (κ2) is 3.93. The molecule has 0 saturated heterocycles. The van der Waals surface area contributed by atoms with E-state index in [1.807, 2.05) is 6.07 Å². The van der Waals surface area contributed by atoms with Gasteiger partial charge in [0.1, 0.15) is 0 Å². The van der Waals surface area contributed by atoms with Crippen LogP contribution in [0.4, 0.5) is 4.79 Å². The number of ether oxygens (including phenoxy) is 2. The van der Waals surface area contributed by atoms with Gasteiger partial charge < -0.3 is 14.6 Å². The Bertz CT molecular complexity index is 491. The minimum absolute atomic E-state index is 0.297. The number of hydrogen-bond donors (Lipinski definition) is 1. The molecule has 1 aliphatic heterocycles. The van der Waals surface area contributed by atoms with Crippen LogP contribution >= 0.6 is 0 Å². The third-order valence-electron chi connectivity index (χ3n) is 2.54. The maximum absolute atomic E-state index is 11.8. The van der Waals surface area contributed by atoms with Gasteiger partial charge in [-0.25, -0.2) is 4.79 Å². The van der Waals surface area contributed by atoms with E-state index in [1.165, 1.54) is 0 Å². The Balaban J connectivity index is 2.26. The van der Waals surface area contributed by atoms with Crippen molar-refractivity contribution in [2.75, 3.05) is 0 Å². The number of carboxylic acid groups (broad SMARTS) is 1. The van der Waals surface area contributed by atoms with E-state index in [4.69, 9.17) is 9.84 Å². The van der Waals surface area contributed by atoms with E-state index in [9.17, 15) is 9.59 Å². The summed E-state index contributed by atoms with van der Waals surface area (Å²) in [7, 11) is 0. The second-order valence-corrected chi connectivity index (χ2v) is 3.70. The SMILES string of the molecule is CC1(c2ccccc2)OC(OC(=O)O)=CC1=O. The van der Waals surface area contributed by atoms with Crippen LogP contribution in [0.2, 0.25) is 0 Å². The highest BCUT2D eigenvalue weighted by atomic mass is 16.8. The zero-order chi connectivity index (χ0) is 12.5. The lowest BCUT2D eigenvalue weighted by molar-refractivity contribution is -0.132. The molecule has 1 aliphatic rings. The fourth-order valence-corrected chi connectivity index (χ4v) is 1.62. The van der Waals surface area contributed by atoms with E-state index in [1.54, 1.807) is 31.2 Å². The second-order valence-electron chi connectivity index (χ2n) is 3.70. The monoisotopic (exact) mass is 234 g/mol. The number of rotatable bonds is 2. The molecule has 0 bridgehead atoms. The van der Waals surface area contributed by atoms with Crippen molar-refractivity contribution in [2.45, 2.75) is 12.5 Å². The number of ketones is 1. The maximum Gasteiger partial charge on any atom is 0.513 e. The molecule has 0 saturated carbocycles. The fraction of sp³-hybridized carbons (Fsp3) is 0.167. The summed E-state index contributed by atoms with van der Waals surface area (Å²) in [6.45, 7) is 1.57. The highest BCUT2D eigenvalue weighted by molar-refractivity contribution is 5.99. The Morgan fingerprint density at radius 1 is 1.35 bits per heavy atom. The maximum atomic E-state index is 11.8. The van der Waals surface area contributed by atoms with Crippen LogP contribution in [0.5, 0.6) is 0 Å². The minimum Gasteiger partial charge on any atom is -0.449 e. The fourth-order valence-electron chi connectivity index (χ4n) is 1.62. The summed E-state index contributed by atoms with van der Waals surface area (Å²) in [6, 6.07) is 8.82. The summed E-state index contributed by atoms with van der Waals surface area (Å²) in [6.07, 6.45) is -0.470. The van der Waals surface area contributed by atoms with Gasteiger partial charge in [0.05, 0.1) is 6.08 Å². The van der Waals surface area contributed by atoms with Crippen LogP contribution in [-0.2, 0) is 19.9 Å². The van der Waals surface area contributed by atoms with Crippen molar-refractivity contribution in [3.8, 4) is 0 Å². The molecule has 0 aromatic heterocycles. The molecule has 1 heterocycles. The summed E-state index contributed by atoms with van der Waals surface area (Å²) in [5.74, 6) is -0.645. The molecule has 17 heavy (non-hydrogen) atoms. The highest BCUT2D eigenvalue weighted by Crippen LogP contribution is 2.34. The molecule has 5 heteroatoms. The van der Waals surface area contributed by atoms with Crippen molar-refractivity contribution < 1.29 is 24.2 Å². The Labute approximate surface area is 97.3 Å². The molecule has 1 aromatic carbocycles. The molecular weight excluding hydrogens is 224 g/mol. The molecule has 0 radical (unpaired) electrons. The van der Waals surface area contributed by atoms with Crippen LogP contribution in [-0.4, -0.2) is 17.0 Å². The largest absolute Gasteiger partial charge is 0.513 e. The molecule has 1 atom stereocenters. The third kappa shape index (κ3) is 1.99. The van der Waals surface area contributed by atoms with Gasteiger partial charge in [-0.3, -0.25) is 4.79 Å². The van der Waals surface area contributed by atoms with Gasteiger partial charge in [0.25, 0.3) is 5.95 Å². The van der Waals surface area contributed by atoms with Crippen molar-refractivity contribution in [3.63, 3.8) is 0 Å². The predicted molar refractivity (Wildman–Crippen MR) is 57.1 cm³/mol. The van der Waals surface area contributed by atoms with Crippen molar-refractivity contribution >= 4 is 11.9 Å². The lowest BCUT2D eigenvalue weighted by Gasteiger charge is -2.23. The Morgan fingerprint density at radius 3 is 2.59 bits per heavy atom. The molecule has 0 aliphatic carbocycles. The van der Waals surface area contributed by atoms with Crippen LogP contribution in [0.25, 0.3) is 0 Å². The van der Waals surface area contributed by atoms with Crippen molar-refractivity contribution in [1.29, 1.82) is 0 Å². The smallest absolute Gasteiger partial charge is 0.449 e. The van der Waals surface area contributed by atoms with Crippen LogP contribution < -0.4 is 0 Å². The summed E-state index contributed by atoms with van der Waals surface area (Å²) in [5.41, 5.74) is -0.572. The Hall–Kier alpha value is -2.30. The van der Waals surface area contributed by atoms with Gasteiger partial charge >= 0.3 is 6.16 Å². The van der Waals surface area contributed by atoms with Crippen molar-refractivity contribution in [2.24, 2.45) is 0 Å². The molecule has 1 aromatic rings. The quantitative estimate of drug-likeness (QED) is 0.792. The molecule has 88 valence electrons. The topological polar surface area (TPSA) is 72.8 Å². The van der Waals surface area contributed by atoms with Crippen LogP contribution in [0.1, 0.15) is 12.5 Å². The molecule has 2 rings (SSSR count). The van der Waals surface area contributed by atoms with Gasteiger partial charge in [0, 0.05) is 5.56 Å². The first-order valence-corrected chi connectivity index (χ1v) is 4.94. The Kier molecular flexibility index (Phi) is 2.59. The summed E-state index contributed by atoms with van der Waals surface area (Å²) in [4.78, 5) is 22.2. The minimum atomic E-state index is -1.51. The van der Waals surface area contributed by atoms with Crippen LogP contribution in [0.15, 0.2) is 42.4 Å². The molecule has 0 amide bonds. The molecule has 5 nitrogen and oxygen atoms in total. The van der Waals surface area contributed by atoms with Gasteiger partial charge in [-0.15, -0.1) is 0 Å². The van der Waals surface area contributed by atoms with E-state index >= 15 is 0 Å². The summed E-state index contributed by atoms with van der Waals surface area (Å²) in [5, 5.41) is 8.45. The number of carbonyl (C=O) groups is 2. The summed E-state index contributed by atoms with van der Waals surface area (Å²) < 4.78 is 9.60. The lowest BCUT2D eigenvalue weighted by Crippen LogP contribution is -2.29. The predicted octanol–water partition coefficient (Wildman–Crippen LogP) is 2.04. The van der Waals surface area contributed by atoms with Gasteiger partial charge in [0.15, 0.2) is 5.60 Å². The molecule has 0 spiro atoms. The first kappa shape index (κ1) is 11.2. The average Bonchev–Trinajstić information content (AvgIpc) is 2.56. The summed E-state index contributed by atoms with van der Waals surface area (Å²) >= 11 is 0. The molecule has 1 N–H and O–H groups in total. The number of carbonyl (C=O) groups excluding carboxylic acids is 1. The molecule has 1 unspecified atom stereocenters. The highest BCUT2D eigenvalue weighted by Gasteiger charge is 2.43. The molecule has 0 fully saturated rings. The van der Waals surface area contributed by atoms with Gasteiger partial charge in [-0.1, -0.05) is 30.3 Å². The molecular formula is C12H10O5. The van der Waals surface area contributed by atoms with Gasteiger partial charge in [-0.05, 0) is 6.92 Å². The standard InChI is InChI=1S/C12H10O5/c1-12(8-5-3-2-4-6-8)9(13)7-10(17-12)16-11(14)15/h2-7H,1H3,(H,14,15). The van der Waals surface area contributed by atoms with Crippen molar-refractivity contribution in [3.05, 3.63) is 47.9 Å². The van der Waals surface area contributed by atoms with Gasteiger partial charge in [0.2, 0.25) is 5.78 Å². The van der Waals surface area contributed by atoms with Crippen LogP contribution in [0.3, 0.4) is 0 Å². The van der Waals surface area contributed by atoms with E-state index < -0.39 is 11.8 Å². The van der Waals surface area contributed by atoms with Crippen LogP contribution in [0, 0.1) is 0 Å². The van der Waals surface area contributed by atoms with E-state index in [2.05, 4.69) is 4.74 Å². The lowest BCUT2D eigenvalue weighted by atomic mass is 9.92. The number of benzene rings is 1. The Morgan fingerprint density at radius 2 is 2.00 bits per heavy atom. The number of hydrogen-bond acceptors (Lipinski definition) is 4. The van der Waals surface area contributed by atoms with E-state index in [-0.39, 0.29) is 11.7 Å². The third-order valence-corrected chi connectivity index (χ3v) is 2.54.